The van der Waals surface area contributed by atoms with Gasteiger partial charge in [-0.15, -0.1) is 11.3 Å². The molecular weight excluding hydrogens is 342 g/mol. The van der Waals surface area contributed by atoms with Crippen LogP contribution in [-0.2, 0) is 20.9 Å². The van der Waals surface area contributed by atoms with Crippen LogP contribution in [0.5, 0.6) is 0 Å². The normalized spacial score (nSPS) is 13.5. The molecule has 0 saturated carbocycles. The lowest BCUT2D eigenvalue weighted by Crippen LogP contribution is -2.47. The summed E-state index contributed by atoms with van der Waals surface area (Å²) in [7, 11) is 1.29. The number of carbonyl (C=O) groups is 2. The summed E-state index contributed by atoms with van der Waals surface area (Å²) in [6.45, 7) is 7.40. The van der Waals surface area contributed by atoms with Gasteiger partial charge in [-0.2, -0.15) is 0 Å². The molecule has 0 radical (unpaired) electrons. The molecule has 0 saturated heterocycles. The summed E-state index contributed by atoms with van der Waals surface area (Å²) >= 11 is 1.46. The highest BCUT2D eigenvalue weighted by atomic mass is 32.1. The summed E-state index contributed by atoms with van der Waals surface area (Å²) in [6.07, 6.45) is 2.08. The van der Waals surface area contributed by atoms with Crippen LogP contribution in [0.15, 0.2) is 11.1 Å². The number of rotatable bonds is 6. The molecule has 0 bridgehead atoms. The monoisotopic (exact) mass is 365 g/mol. The van der Waals surface area contributed by atoms with E-state index in [1.54, 1.807) is 0 Å². The number of hydrogen-bond acceptors (Lipinski definition) is 6. The van der Waals surface area contributed by atoms with E-state index in [-0.39, 0.29) is 18.0 Å². The molecule has 2 rings (SSSR count). The second-order valence-corrected chi connectivity index (χ2v) is 7.30. The third kappa shape index (κ3) is 3.89. The molecule has 8 heteroatoms. The number of ether oxygens (including phenoxy) is 1. The molecule has 0 aliphatic carbocycles. The molecule has 136 valence electrons. The van der Waals surface area contributed by atoms with Crippen molar-refractivity contribution in [1.29, 1.82) is 0 Å². The van der Waals surface area contributed by atoms with Crippen molar-refractivity contribution in [2.45, 2.75) is 46.7 Å². The van der Waals surface area contributed by atoms with E-state index in [2.05, 4.69) is 10.3 Å². The maximum Gasteiger partial charge on any atom is 0.328 e. The number of carbonyl (C=O) groups excluding carboxylic acids is 2. The zero-order valence-corrected chi connectivity index (χ0v) is 15.9. The van der Waals surface area contributed by atoms with E-state index in [1.165, 1.54) is 29.3 Å². The number of fused-ring (bicyclic) bond motifs is 1. The molecule has 0 aliphatic heterocycles. The number of amides is 1. The zero-order chi connectivity index (χ0) is 18.7. The number of aryl methyl sites for hydroxylation is 2. The SMILES string of the molecule is CC[C@@H](C)[C@@H](NC(=O)Cn1cnc2sc(C)c(C)c2c1=O)C(=O)OC. The fraction of sp³-hybridized carbons (Fsp3) is 0.529. The van der Waals surface area contributed by atoms with Gasteiger partial charge in [0.15, 0.2) is 0 Å². The van der Waals surface area contributed by atoms with Gasteiger partial charge in [0, 0.05) is 4.88 Å². The summed E-state index contributed by atoms with van der Waals surface area (Å²) in [4.78, 5) is 42.8. The van der Waals surface area contributed by atoms with Crippen molar-refractivity contribution in [3.05, 3.63) is 27.1 Å². The van der Waals surface area contributed by atoms with Gasteiger partial charge >= 0.3 is 5.97 Å². The van der Waals surface area contributed by atoms with Crippen LogP contribution >= 0.6 is 11.3 Å². The Morgan fingerprint density at radius 2 is 2.08 bits per heavy atom. The minimum absolute atomic E-state index is 0.0736. The van der Waals surface area contributed by atoms with Crippen molar-refractivity contribution in [3.8, 4) is 0 Å². The molecule has 1 N–H and O–H groups in total. The van der Waals surface area contributed by atoms with Crippen LogP contribution in [0.1, 0.15) is 30.7 Å². The molecule has 0 aromatic carbocycles. The number of nitrogens with zero attached hydrogens (tertiary/aromatic N) is 2. The molecular formula is C17H23N3O4S. The van der Waals surface area contributed by atoms with Gasteiger partial charge in [-0.25, -0.2) is 9.78 Å². The molecule has 0 fully saturated rings. The molecule has 2 heterocycles. The van der Waals surface area contributed by atoms with E-state index in [4.69, 9.17) is 4.74 Å². The molecule has 25 heavy (non-hydrogen) atoms. The molecule has 2 aromatic rings. The van der Waals surface area contributed by atoms with Crippen molar-refractivity contribution in [1.82, 2.24) is 14.9 Å². The summed E-state index contributed by atoms with van der Waals surface area (Å²) in [5, 5.41) is 3.21. The number of thiophene rings is 1. The lowest BCUT2D eigenvalue weighted by molar-refractivity contribution is -0.146. The van der Waals surface area contributed by atoms with E-state index in [0.29, 0.717) is 16.6 Å². The zero-order valence-electron chi connectivity index (χ0n) is 15.1. The predicted molar refractivity (Wildman–Crippen MR) is 96.8 cm³/mol. The van der Waals surface area contributed by atoms with E-state index in [9.17, 15) is 14.4 Å². The maximum atomic E-state index is 12.6. The van der Waals surface area contributed by atoms with Gasteiger partial charge in [-0.1, -0.05) is 20.3 Å². The van der Waals surface area contributed by atoms with E-state index >= 15 is 0 Å². The van der Waals surface area contributed by atoms with Crippen LogP contribution in [0.4, 0.5) is 0 Å². The highest BCUT2D eigenvalue weighted by molar-refractivity contribution is 7.18. The Kier molecular flexibility index (Phi) is 5.94. The summed E-state index contributed by atoms with van der Waals surface area (Å²) in [5.41, 5.74) is 0.638. The lowest BCUT2D eigenvalue weighted by atomic mass is 9.99. The van der Waals surface area contributed by atoms with Crippen molar-refractivity contribution in [2.24, 2.45) is 5.92 Å². The lowest BCUT2D eigenvalue weighted by Gasteiger charge is -2.21. The second-order valence-electron chi connectivity index (χ2n) is 6.09. The first-order chi connectivity index (χ1) is 11.8. The Bertz CT molecular complexity index is 855. The van der Waals surface area contributed by atoms with Crippen LogP contribution in [0.25, 0.3) is 10.2 Å². The van der Waals surface area contributed by atoms with Crippen molar-refractivity contribution in [3.63, 3.8) is 0 Å². The first-order valence-electron chi connectivity index (χ1n) is 8.12. The average Bonchev–Trinajstić information content (AvgIpc) is 2.89. The van der Waals surface area contributed by atoms with E-state index < -0.39 is 17.9 Å². The molecule has 2 aromatic heterocycles. The first-order valence-corrected chi connectivity index (χ1v) is 8.94. The van der Waals surface area contributed by atoms with Gasteiger partial charge < -0.3 is 10.1 Å². The quantitative estimate of drug-likeness (QED) is 0.788. The fourth-order valence-electron chi connectivity index (χ4n) is 2.55. The third-order valence-electron chi connectivity index (χ3n) is 4.45. The van der Waals surface area contributed by atoms with Crippen LogP contribution < -0.4 is 10.9 Å². The topological polar surface area (TPSA) is 90.3 Å². The molecule has 1 amide bonds. The Balaban J connectivity index is 2.24. The minimum Gasteiger partial charge on any atom is -0.467 e. The molecule has 0 spiro atoms. The average molecular weight is 365 g/mol. The highest BCUT2D eigenvalue weighted by Gasteiger charge is 2.26. The number of methoxy groups -OCH3 is 1. The molecule has 0 unspecified atom stereocenters. The summed E-state index contributed by atoms with van der Waals surface area (Å²) < 4.78 is 6.02. The molecule has 2 atom stereocenters. The number of nitrogens with one attached hydrogen (secondary N) is 1. The smallest absolute Gasteiger partial charge is 0.328 e. The summed E-state index contributed by atoms with van der Waals surface area (Å²) in [6, 6.07) is -0.736. The standard InChI is InChI=1S/C17H23N3O4S/c1-6-9(2)14(17(23)24-5)19-12(21)7-20-8-18-15-13(16(20)22)10(3)11(4)25-15/h8-9,14H,6-7H2,1-5H3,(H,19,21)/t9-,14-/m1/s1. The third-order valence-corrected chi connectivity index (χ3v) is 5.57. The van der Waals surface area contributed by atoms with Gasteiger partial charge in [0.1, 0.15) is 17.4 Å². The van der Waals surface area contributed by atoms with Gasteiger partial charge in [0.25, 0.3) is 5.56 Å². The number of hydrogen-bond donors (Lipinski definition) is 1. The van der Waals surface area contributed by atoms with Crippen LogP contribution in [0, 0.1) is 19.8 Å². The highest BCUT2D eigenvalue weighted by Crippen LogP contribution is 2.25. The maximum absolute atomic E-state index is 12.6. The van der Waals surface area contributed by atoms with E-state index in [1.807, 2.05) is 27.7 Å². The molecule has 0 aliphatic rings. The van der Waals surface area contributed by atoms with Gasteiger partial charge in [-0.05, 0) is 25.3 Å². The van der Waals surface area contributed by atoms with Gasteiger partial charge in [-0.3, -0.25) is 14.2 Å². The van der Waals surface area contributed by atoms with Crippen molar-refractivity contribution >= 4 is 33.4 Å². The minimum atomic E-state index is -0.736. The Morgan fingerprint density at radius 1 is 1.40 bits per heavy atom. The Morgan fingerprint density at radius 3 is 2.68 bits per heavy atom. The van der Waals surface area contributed by atoms with Gasteiger partial charge in [0.2, 0.25) is 5.91 Å². The van der Waals surface area contributed by atoms with Crippen molar-refractivity contribution in [2.75, 3.05) is 7.11 Å². The van der Waals surface area contributed by atoms with Crippen LogP contribution in [0.2, 0.25) is 0 Å². The largest absolute Gasteiger partial charge is 0.467 e. The van der Waals surface area contributed by atoms with Crippen molar-refractivity contribution < 1.29 is 14.3 Å². The molecule has 7 nitrogen and oxygen atoms in total. The number of esters is 1. The first kappa shape index (κ1) is 19.1. The fourth-order valence-corrected chi connectivity index (χ4v) is 3.54. The Hall–Kier alpha value is -2.22. The van der Waals surface area contributed by atoms with Crippen LogP contribution in [0.3, 0.4) is 0 Å². The van der Waals surface area contributed by atoms with Gasteiger partial charge in [0.05, 0.1) is 18.8 Å². The second kappa shape index (κ2) is 7.77. The van der Waals surface area contributed by atoms with Crippen LogP contribution in [-0.4, -0.2) is 34.6 Å². The van der Waals surface area contributed by atoms with E-state index in [0.717, 1.165) is 10.4 Å². The Labute approximate surface area is 150 Å². The number of aromatic nitrogens is 2. The summed E-state index contributed by atoms with van der Waals surface area (Å²) in [5.74, 6) is -0.994. The predicted octanol–water partition coefficient (Wildman–Crippen LogP) is 1.78.